The monoisotopic (exact) mass is 650 g/mol. The van der Waals surface area contributed by atoms with Crippen LogP contribution in [0.15, 0.2) is 48.2 Å². The molecule has 0 spiro atoms. The highest BCUT2D eigenvalue weighted by molar-refractivity contribution is 6.37. The second-order valence-electron chi connectivity index (χ2n) is 11.1. The van der Waals surface area contributed by atoms with Gasteiger partial charge >= 0.3 is 0 Å². The summed E-state index contributed by atoms with van der Waals surface area (Å²) in [4.78, 5) is 64.8. The molecule has 1 heterocycles. The van der Waals surface area contributed by atoms with E-state index in [0.29, 0.717) is 10.7 Å². The van der Waals surface area contributed by atoms with Crippen LogP contribution in [0.2, 0.25) is 10.0 Å². The van der Waals surface area contributed by atoms with Gasteiger partial charge in [0.15, 0.2) is 17.3 Å². The van der Waals surface area contributed by atoms with Gasteiger partial charge in [0.1, 0.15) is 39.9 Å². The Morgan fingerprint density at radius 3 is 2.31 bits per heavy atom. The molecule has 3 aromatic carbocycles. The number of phenols is 1. The number of hydrogen-bond donors (Lipinski definition) is 3. The van der Waals surface area contributed by atoms with E-state index in [2.05, 4.69) is 10.6 Å². The maximum absolute atomic E-state index is 13.7. The molecule has 5 rings (SSSR count). The molecule has 1 aliphatic heterocycles. The van der Waals surface area contributed by atoms with Crippen molar-refractivity contribution in [1.82, 2.24) is 5.32 Å². The molecular weight excluding hydrogens is 623 g/mol. The number of anilines is 1. The molecule has 1 aliphatic carbocycles. The second-order valence-corrected chi connectivity index (χ2v) is 11.9. The summed E-state index contributed by atoms with van der Waals surface area (Å²) in [6.45, 7) is 6.31. The summed E-state index contributed by atoms with van der Waals surface area (Å²) in [5.41, 5.74) is 1.30. The fourth-order valence-corrected chi connectivity index (χ4v) is 6.32. The van der Waals surface area contributed by atoms with Crippen LogP contribution in [0.3, 0.4) is 0 Å². The number of carbonyl (C=O) groups excluding carboxylic acids is 5. The van der Waals surface area contributed by atoms with Crippen molar-refractivity contribution in [2.75, 3.05) is 12.4 Å². The molecule has 45 heavy (non-hydrogen) atoms. The third-order valence-corrected chi connectivity index (χ3v) is 8.70. The summed E-state index contributed by atoms with van der Waals surface area (Å²) in [6.07, 6.45) is 1.06. The maximum Gasteiger partial charge on any atom is 0.259 e. The van der Waals surface area contributed by atoms with Gasteiger partial charge in [-0.1, -0.05) is 23.2 Å². The summed E-state index contributed by atoms with van der Waals surface area (Å²) >= 11 is 12.1. The Bertz CT molecular complexity index is 1860. The van der Waals surface area contributed by atoms with Gasteiger partial charge < -0.3 is 25.2 Å². The molecule has 2 aliphatic rings. The molecule has 0 saturated heterocycles. The molecule has 12 heteroatoms. The summed E-state index contributed by atoms with van der Waals surface area (Å²) in [7, 11) is 1.31. The summed E-state index contributed by atoms with van der Waals surface area (Å²) in [5.74, 6) is -5.36. The van der Waals surface area contributed by atoms with E-state index in [1.165, 1.54) is 32.2 Å². The molecule has 0 aromatic heterocycles. The van der Waals surface area contributed by atoms with Crippen molar-refractivity contribution < 1.29 is 38.6 Å². The van der Waals surface area contributed by atoms with Crippen molar-refractivity contribution in [3.05, 3.63) is 91.7 Å². The van der Waals surface area contributed by atoms with Gasteiger partial charge in [-0.2, -0.15) is 0 Å². The first-order valence-corrected chi connectivity index (χ1v) is 14.5. The lowest BCUT2D eigenvalue weighted by Gasteiger charge is -2.30. The smallest absolute Gasteiger partial charge is 0.259 e. The first-order valence-electron chi connectivity index (χ1n) is 13.8. The van der Waals surface area contributed by atoms with Crippen molar-refractivity contribution in [3.63, 3.8) is 0 Å². The molecule has 10 nitrogen and oxygen atoms in total. The quantitative estimate of drug-likeness (QED) is 0.288. The van der Waals surface area contributed by atoms with Crippen LogP contribution < -0.4 is 20.1 Å². The standard InChI is InChI=1S/C33H28Cl2N2O8/c1-14-8-18(37-31(42)19-7-6-17(34)10-21(19)35)9-15(2)20(14)13-36-32(43)27-24(44-5)11-23(40)28-29(27)45-25-12-22(39)26(16(3)38)30(41)33(25,28)4/h6-12,26,40H,13H2,1-5H3,(H,36,43)(H,37,42)/t26?,33-/m1/s1. The number of aromatic hydroxyl groups is 1. The number of amides is 2. The van der Waals surface area contributed by atoms with E-state index in [1.807, 2.05) is 13.8 Å². The number of Topliss-reactive ketones (excluding diaryl/α,β-unsaturated/α-hetero) is 2. The SMILES string of the molecule is COc1cc(O)c2c(c1C(=O)NCc1c(C)cc(NC(=O)c3ccc(Cl)cc3Cl)cc1C)OC1=CC(=O)C(C(C)=O)C(=O)[C@]12C. The largest absolute Gasteiger partial charge is 0.507 e. The van der Waals surface area contributed by atoms with Crippen molar-refractivity contribution >= 4 is 58.1 Å². The topological polar surface area (TPSA) is 148 Å². The highest BCUT2D eigenvalue weighted by atomic mass is 35.5. The lowest BCUT2D eigenvalue weighted by atomic mass is 9.67. The van der Waals surface area contributed by atoms with Gasteiger partial charge in [-0.3, -0.25) is 24.0 Å². The number of ketones is 3. The highest BCUT2D eigenvalue weighted by Crippen LogP contribution is 2.56. The maximum atomic E-state index is 13.7. The van der Waals surface area contributed by atoms with Crippen molar-refractivity contribution in [2.45, 2.75) is 39.7 Å². The summed E-state index contributed by atoms with van der Waals surface area (Å²) in [5, 5.41) is 17.2. The van der Waals surface area contributed by atoms with Gasteiger partial charge in [0.25, 0.3) is 11.8 Å². The Morgan fingerprint density at radius 2 is 1.71 bits per heavy atom. The number of halogens is 2. The van der Waals surface area contributed by atoms with Gasteiger partial charge in [0.2, 0.25) is 0 Å². The van der Waals surface area contributed by atoms with Gasteiger partial charge in [-0.25, -0.2) is 0 Å². The zero-order valence-electron chi connectivity index (χ0n) is 24.9. The van der Waals surface area contributed by atoms with E-state index in [4.69, 9.17) is 32.7 Å². The molecule has 0 bridgehead atoms. The number of aryl methyl sites for hydroxylation is 2. The number of ether oxygens (including phenoxy) is 2. The van der Waals surface area contributed by atoms with Gasteiger partial charge in [0.05, 0.1) is 23.3 Å². The number of carbonyl (C=O) groups is 5. The van der Waals surface area contributed by atoms with Crippen LogP contribution in [-0.2, 0) is 26.3 Å². The molecule has 0 radical (unpaired) electrons. The molecule has 2 amide bonds. The van der Waals surface area contributed by atoms with Gasteiger partial charge in [-0.15, -0.1) is 0 Å². The van der Waals surface area contributed by atoms with Crippen LogP contribution in [0.25, 0.3) is 0 Å². The minimum absolute atomic E-state index is 0.0270. The van der Waals surface area contributed by atoms with E-state index in [9.17, 15) is 29.1 Å². The number of allylic oxidation sites excluding steroid dienone is 2. The Labute approximate surface area is 268 Å². The average molecular weight is 651 g/mol. The van der Waals surface area contributed by atoms with Crippen molar-refractivity contribution in [1.29, 1.82) is 0 Å². The minimum atomic E-state index is -1.67. The predicted molar refractivity (Wildman–Crippen MR) is 166 cm³/mol. The number of benzene rings is 3. The number of nitrogens with one attached hydrogen (secondary N) is 2. The molecule has 1 unspecified atom stereocenters. The number of methoxy groups -OCH3 is 1. The number of fused-ring (bicyclic) bond motifs is 3. The molecule has 2 atom stereocenters. The molecule has 3 aromatic rings. The van der Waals surface area contributed by atoms with Crippen LogP contribution in [-0.4, -0.2) is 41.4 Å². The molecule has 0 saturated carbocycles. The van der Waals surface area contributed by atoms with Crippen LogP contribution in [0.1, 0.15) is 56.8 Å². The molecule has 0 fully saturated rings. The Morgan fingerprint density at radius 1 is 1.04 bits per heavy atom. The zero-order chi connectivity index (χ0) is 33.0. The third-order valence-electron chi connectivity index (χ3n) is 8.15. The summed E-state index contributed by atoms with van der Waals surface area (Å²) in [6, 6.07) is 9.28. The van der Waals surface area contributed by atoms with E-state index < -0.39 is 46.2 Å². The first-order chi connectivity index (χ1) is 21.2. The lowest BCUT2D eigenvalue weighted by molar-refractivity contribution is -0.140. The second kappa shape index (κ2) is 11.7. The fourth-order valence-electron chi connectivity index (χ4n) is 5.83. The zero-order valence-corrected chi connectivity index (χ0v) is 26.4. The predicted octanol–water partition coefficient (Wildman–Crippen LogP) is 5.40. The fraction of sp³-hybridized carbons (Fsp3) is 0.242. The molecule has 232 valence electrons. The van der Waals surface area contributed by atoms with Crippen molar-refractivity contribution in [3.8, 4) is 17.2 Å². The van der Waals surface area contributed by atoms with Gasteiger partial charge in [-0.05, 0) is 74.7 Å². The Kier molecular flexibility index (Phi) is 8.24. The van der Waals surface area contributed by atoms with E-state index in [-0.39, 0.29) is 45.5 Å². The van der Waals surface area contributed by atoms with Crippen LogP contribution in [0.5, 0.6) is 17.2 Å². The third kappa shape index (κ3) is 5.34. The molecule has 3 N–H and O–H groups in total. The summed E-state index contributed by atoms with van der Waals surface area (Å²) < 4.78 is 11.3. The van der Waals surface area contributed by atoms with E-state index in [1.54, 1.807) is 18.2 Å². The number of hydrogen-bond acceptors (Lipinski definition) is 8. The van der Waals surface area contributed by atoms with E-state index >= 15 is 0 Å². The first kappa shape index (κ1) is 31.7. The average Bonchev–Trinajstić information content (AvgIpc) is 3.25. The minimum Gasteiger partial charge on any atom is -0.507 e. The highest BCUT2D eigenvalue weighted by Gasteiger charge is 2.58. The van der Waals surface area contributed by atoms with Gasteiger partial charge in [0, 0.05) is 29.4 Å². The van der Waals surface area contributed by atoms with Crippen molar-refractivity contribution in [2.24, 2.45) is 5.92 Å². The Balaban J connectivity index is 1.43. The Hall–Kier alpha value is -4.67. The number of phenolic OH excluding ortho intramolecular Hbond substituents is 1. The normalized spacial score (nSPS) is 18.4. The molecular formula is C33H28Cl2N2O8. The van der Waals surface area contributed by atoms with E-state index in [0.717, 1.165) is 29.7 Å². The van der Waals surface area contributed by atoms with Crippen LogP contribution in [0, 0.1) is 19.8 Å². The number of rotatable bonds is 7. The van der Waals surface area contributed by atoms with Crippen LogP contribution >= 0.6 is 23.2 Å². The van der Waals surface area contributed by atoms with Crippen LogP contribution in [0.4, 0.5) is 5.69 Å². The lowest BCUT2D eigenvalue weighted by Crippen LogP contribution is -2.47.